The first-order chi connectivity index (χ1) is 15.7. The molecule has 0 fully saturated rings. The number of carbonyl (C=O) groups excluding carboxylic acids is 1. The molecule has 11 heteroatoms. The number of carbonyl (C=O) groups is 2. The number of primary amides is 1. The van der Waals surface area contributed by atoms with E-state index in [1.807, 2.05) is 60.7 Å². The number of urea groups is 1. The van der Waals surface area contributed by atoms with Gasteiger partial charge in [-0.3, -0.25) is 25.1 Å². The fourth-order valence-corrected chi connectivity index (χ4v) is 3.14. The molecule has 0 saturated carbocycles. The topological polar surface area (TPSA) is 170 Å². The van der Waals surface area contributed by atoms with Crippen molar-refractivity contribution < 1.29 is 24.5 Å². The molecule has 1 aliphatic rings. The summed E-state index contributed by atoms with van der Waals surface area (Å²) in [5.41, 5.74) is 7.37. The standard InChI is InChI=1S/C15H12N2O.C7H4N2O6/c16-15(18)17-13-7-3-1-5-11(13)9-10-12-6-2-4-8-14(12)17;10-7(11)4-1-5(8(12)13)3-6(2-4)9(14)15/h1-10H,(H2,16,18);1-3H,(H,10,11). The third-order valence-electron chi connectivity index (χ3n) is 4.59. The Hall–Kier alpha value is -5.06. The lowest BCUT2D eigenvalue weighted by molar-refractivity contribution is -0.394. The van der Waals surface area contributed by atoms with Gasteiger partial charge in [0.05, 0.1) is 32.9 Å². The van der Waals surface area contributed by atoms with Crippen molar-refractivity contribution in [3.63, 3.8) is 0 Å². The highest BCUT2D eigenvalue weighted by Gasteiger charge is 2.21. The largest absolute Gasteiger partial charge is 0.478 e. The Morgan fingerprint density at radius 1 is 0.788 bits per heavy atom. The number of benzene rings is 3. The molecular weight excluding hydrogens is 432 g/mol. The van der Waals surface area contributed by atoms with Gasteiger partial charge in [0.15, 0.2) is 0 Å². The number of non-ortho nitro benzene ring substituents is 2. The number of fused-ring (bicyclic) bond motifs is 2. The highest BCUT2D eigenvalue weighted by atomic mass is 16.6. The summed E-state index contributed by atoms with van der Waals surface area (Å²) in [4.78, 5) is 42.7. The molecule has 0 spiro atoms. The number of carboxylic acid groups (broad SMARTS) is 1. The minimum atomic E-state index is -1.46. The molecule has 0 saturated heterocycles. The Bertz CT molecular complexity index is 1170. The minimum Gasteiger partial charge on any atom is -0.478 e. The first-order valence-corrected chi connectivity index (χ1v) is 9.32. The quantitative estimate of drug-likeness (QED) is 0.436. The van der Waals surface area contributed by atoms with Crippen LogP contribution in [0.1, 0.15) is 21.5 Å². The Labute approximate surface area is 186 Å². The van der Waals surface area contributed by atoms with Gasteiger partial charge < -0.3 is 10.8 Å². The summed E-state index contributed by atoms with van der Waals surface area (Å²) in [7, 11) is 0. The van der Waals surface area contributed by atoms with Crippen LogP contribution in [0.3, 0.4) is 0 Å². The van der Waals surface area contributed by atoms with Crippen LogP contribution in [0.2, 0.25) is 0 Å². The van der Waals surface area contributed by atoms with Gasteiger partial charge in [0, 0.05) is 12.1 Å². The number of carboxylic acids is 1. The van der Waals surface area contributed by atoms with E-state index in [0.29, 0.717) is 6.07 Å². The van der Waals surface area contributed by atoms with Crippen LogP contribution in [0, 0.1) is 20.2 Å². The molecule has 3 aromatic carbocycles. The lowest BCUT2D eigenvalue weighted by Crippen LogP contribution is -2.32. The Morgan fingerprint density at radius 3 is 1.58 bits per heavy atom. The highest BCUT2D eigenvalue weighted by Crippen LogP contribution is 2.35. The van der Waals surface area contributed by atoms with Crippen molar-refractivity contribution in [2.45, 2.75) is 0 Å². The normalized spacial score (nSPS) is 11.2. The molecule has 33 heavy (non-hydrogen) atoms. The smallest absolute Gasteiger partial charge is 0.336 e. The highest BCUT2D eigenvalue weighted by molar-refractivity contribution is 6.04. The van der Waals surface area contributed by atoms with Crippen LogP contribution < -0.4 is 10.6 Å². The molecular formula is C22H16N4O7. The summed E-state index contributed by atoms with van der Waals surface area (Å²) in [5.74, 6) is -1.46. The zero-order valence-corrected chi connectivity index (χ0v) is 16.8. The maximum Gasteiger partial charge on any atom is 0.336 e. The minimum absolute atomic E-state index is 0.474. The fourth-order valence-electron chi connectivity index (χ4n) is 3.14. The Morgan fingerprint density at radius 2 is 1.21 bits per heavy atom. The van der Waals surface area contributed by atoms with Crippen molar-refractivity contribution >= 4 is 46.9 Å². The lowest BCUT2D eigenvalue weighted by atomic mass is 10.1. The summed E-state index contributed by atoms with van der Waals surface area (Å²) in [6.07, 6.45) is 3.99. The number of aromatic carboxylic acids is 1. The van der Waals surface area contributed by atoms with E-state index in [1.54, 1.807) is 4.90 Å². The fraction of sp³-hybridized carbons (Fsp3) is 0. The third kappa shape index (κ3) is 4.99. The number of anilines is 2. The average molecular weight is 448 g/mol. The molecule has 1 heterocycles. The van der Waals surface area contributed by atoms with Crippen molar-refractivity contribution in [2.24, 2.45) is 5.73 Å². The Balaban J connectivity index is 0.000000190. The summed E-state index contributed by atoms with van der Waals surface area (Å²) in [6, 6.07) is 17.2. The van der Waals surface area contributed by atoms with Gasteiger partial charge in [-0.05, 0) is 23.3 Å². The van der Waals surface area contributed by atoms with Crippen molar-refractivity contribution in [3.8, 4) is 0 Å². The molecule has 2 amide bonds. The second-order valence-electron chi connectivity index (χ2n) is 6.68. The van der Waals surface area contributed by atoms with Crippen LogP contribution in [0.5, 0.6) is 0 Å². The number of rotatable bonds is 3. The molecule has 11 nitrogen and oxygen atoms in total. The van der Waals surface area contributed by atoms with Crippen LogP contribution in [-0.2, 0) is 0 Å². The number of nitrogens with two attached hydrogens (primary N) is 1. The first kappa shape index (κ1) is 22.6. The number of hydrogen-bond acceptors (Lipinski definition) is 6. The molecule has 1 aliphatic heterocycles. The maximum absolute atomic E-state index is 11.8. The molecule has 4 rings (SSSR count). The molecule has 0 atom stereocenters. The lowest BCUT2D eigenvalue weighted by Gasteiger charge is -2.22. The van der Waals surface area contributed by atoms with Crippen LogP contribution >= 0.6 is 0 Å². The number of amides is 2. The van der Waals surface area contributed by atoms with Gasteiger partial charge >= 0.3 is 12.0 Å². The van der Waals surface area contributed by atoms with Gasteiger partial charge in [-0.1, -0.05) is 48.6 Å². The SMILES string of the molecule is NC(=O)N1c2ccccc2C=Cc2ccccc21.O=C(O)c1cc([N+](=O)[O-])cc([N+](=O)[O-])c1. The molecule has 0 aliphatic carbocycles. The molecule has 0 bridgehead atoms. The first-order valence-electron chi connectivity index (χ1n) is 9.32. The molecule has 0 aromatic heterocycles. The van der Waals surface area contributed by atoms with E-state index in [0.717, 1.165) is 34.6 Å². The summed E-state index contributed by atoms with van der Waals surface area (Å²) in [6.45, 7) is 0. The van der Waals surface area contributed by atoms with Gasteiger partial charge in [-0.25, -0.2) is 9.59 Å². The second-order valence-corrected chi connectivity index (χ2v) is 6.68. The van der Waals surface area contributed by atoms with Crippen molar-refractivity contribution in [2.75, 3.05) is 4.90 Å². The van der Waals surface area contributed by atoms with E-state index >= 15 is 0 Å². The second kappa shape index (κ2) is 9.39. The van der Waals surface area contributed by atoms with Crippen molar-refractivity contribution in [3.05, 3.63) is 104 Å². The van der Waals surface area contributed by atoms with Crippen LogP contribution in [-0.4, -0.2) is 27.0 Å². The van der Waals surface area contributed by atoms with Crippen molar-refractivity contribution in [1.29, 1.82) is 0 Å². The van der Waals surface area contributed by atoms with Crippen LogP contribution in [0.15, 0.2) is 66.7 Å². The van der Waals surface area contributed by atoms with Gasteiger partial charge in [0.25, 0.3) is 11.4 Å². The predicted molar refractivity (Wildman–Crippen MR) is 120 cm³/mol. The number of nitro benzene ring substituents is 2. The van der Waals surface area contributed by atoms with Gasteiger partial charge in [-0.2, -0.15) is 0 Å². The van der Waals surface area contributed by atoms with Crippen LogP contribution in [0.4, 0.5) is 27.5 Å². The van der Waals surface area contributed by atoms with E-state index < -0.39 is 38.8 Å². The monoisotopic (exact) mass is 448 g/mol. The molecule has 0 radical (unpaired) electrons. The predicted octanol–water partition coefficient (Wildman–Crippen LogP) is 4.59. The van der Waals surface area contributed by atoms with E-state index in [2.05, 4.69) is 0 Å². The van der Waals surface area contributed by atoms with E-state index in [4.69, 9.17) is 10.8 Å². The van der Waals surface area contributed by atoms with E-state index in [1.165, 1.54) is 0 Å². The average Bonchev–Trinajstić information content (AvgIpc) is 2.96. The maximum atomic E-state index is 11.8. The number of hydrogen-bond donors (Lipinski definition) is 2. The van der Waals surface area contributed by atoms with Crippen molar-refractivity contribution in [1.82, 2.24) is 0 Å². The van der Waals surface area contributed by atoms with Gasteiger partial charge in [0.2, 0.25) is 0 Å². The van der Waals surface area contributed by atoms with Crippen LogP contribution in [0.25, 0.3) is 12.2 Å². The molecule has 3 aromatic rings. The Kier molecular flexibility index (Phi) is 6.44. The molecule has 0 unspecified atom stereocenters. The van der Waals surface area contributed by atoms with Gasteiger partial charge in [-0.15, -0.1) is 0 Å². The summed E-state index contributed by atoms with van der Waals surface area (Å²) < 4.78 is 0. The number of nitrogens with zero attached hydrogens (tertiary/aromatic N) is 3. The third-order valence-corrected chi connectivity index (χ3v) is 4.59. The number of para-hydroxylation sites is 2. The zero-order chi connectivity index (χ0) is 24.1. The van der Waals surface area contributed by atoms with E-state index in [-0.39, 0.29) is 0 Å². The van der Waals surface area contributed by atoms with E-state index in [9.17, 15) is 29.8 Å². The van der Waals surface area contributed by atoms with Gasteiger partial charge in [0.1, 0.15) is 0 Å². The molecule has 3 N–H and O–H groups in total. The number of nitro groups is 2. The zero-order valence-electron chi connectivity index (χ0n) is 16.8. The summed E-state index contributed by atoms with van der Waals surface area (Å²) >= 11 is 0. The summed E-state index contributed by atoms with van der Waals surface area (Å²) in [5, 5.41) is 29.2. The molecule has 166 valence electrons.